The molecule has 7 nitrogen and oxygen atoms in total. The van der Waals surface area contributed by atoms with E-state index in [0.29, 0.717) is 6.54 Å². The normalized spacial score (nSPS) is 20.5. The predicted molar refractivity (Wildman–Crippen MR) is 90.4 cm³/mol. The second-order valence-electron chi connectivity index (χ2n) is 6.43. The van der Waals surface area contributed by atoms with Gasteiger partial charge in [-0.3, -0.25) is 10.1 Å². The Labute approximate surface area is 140 Å². The largest absolute Gasteiger partial charge is 0.334 e. The zero-order valence-corrected chi connectivity index (χ0v) is 13.6. The van der Waals surface area contributed by atoms with Crippen molar-refractivity contribution >= 4 is 6.03 Å². The lowest BCUT2D eigenvalue weighted by Gasteiger charge is -2.31. The molecule has 0 unspecified atom stereocenters. The number of amides is 2. The third-order valence-corrected chi connectivity index (χ3v) is 4.80. The zero-order chi connectivity index (χ0) is 16.4. The van der Waals surface area contributed by atoms with E-state index in [1.165, 1.54) is 0 Å². The number of hydrogen-bond acceptors (Lipinski definition) is 4. The third-order valence-electron chi connectivity index (χ3n) is 4.80. The van der Waals surface area contributed by atoms with E-state index in [0.717, 1.165) is 61.4 Å². The molecule has 0 bridgehead atoms. The highest BCUT2D eigenvalue weighted by Crippen LogP contribution is 2.27. The Balaban J connectivity index is 1.49. The van der Waals surface area contributed by atoms with Crippen LogP contribution in [0.1, 0.15) is 24.1 Å². The Hall–Kier alpha value is -2.41. The molecule has 7 heteroatoms. The SMILES string of the molecule is O=C(N[C@H]1CCCNC1)N1CCc2[nH]nc(-c3ccncc3)c2C1. The Bertz CT molecular complexity index is 707. The van der Waals surface area contributed by atoms with Crippen LogP contribution in [0.2, 0.25) is 0 Å². The van der Waals surface area contributed by atoms with Gasteiger partial charge >= 0.3 is 6.03 Å². The number of fused-ring (bicyclic) bond motifs is 1. The highest BCUT2D eigenvalue weighted by atomic mass is 16.2. The molecule has 1 atom stereocenters. The van der Waals surface area contributed by atoms with Crippen molar-refractivity contribution in [2.75, 3.05) is 19.6 Å². The van der Waals surface area contributed by atoms with Crippen molar-refractivity contribution in [3.8, 4) is 11.3 Å². The highest BCUT2D eigenvalue weighted by molar-refractivity contribution is 5.75. The van der Waals surface area contributed by atoms with E-state index in [-0.39, 0.29) is 12.1 Å². The molecule has 4 heterocycles. The Morgan fingerprint density at radius 2 is 2.21 bits per heavy atom. The Morgan fingerprint density at radius 1 is 1.33 bits per heavy atom. The van der Waals surface area contributed by atoms with E-state index < -0.39 is 0 Å². The summed E-state index contributed by atoms with van der Waals surface area (Å²) in [5.41, 5.74) is 4.19. The Kier molecular flexibility index (Phi) is 4.17. The number of aromatic amines is 1. The molecule has 24 heavy (non-hydrogen) atoms. The number of hydrogen-bond donors (Lipinski definition) is 3. The summed E-state index contributed by atoms with van der Waals surface area (Å²) in [7, 11) is 0. The summed E-state index contributed by atoms with van der Waals surface area (Å²) in [5.74, 6) is 0. The fourth-order valence-electron chi connectivity index (χ4n) is 3.46. The van der Waals surface area contributed by atoms with Crippen molar-refractivity contribution < 1.29 is 4.79 Å². The molecule has 0 saturated carbocycles. The Morgan fingerprint density at radius 3 is 3.00 bits per heavy atom. The number of piperidine rings is 1. The standard InChI is InChI=1S/C17H22N6O/c24-17(20-13-2-1-6-19-10-13)23-9-5-15-14(11-23)16(22-21-15)12-3-7-18-8-4-12/h3-4,7-8,13,19H,1-2,5-6,9-11H2,(H,20,24)(H,21,22)/t13-/m0/s1. The van der Waals surface area contributed by atoms with E-state index >= 15 is 0 Å². The summed E-state index contributed by atoms with van der Waals surface area (Å²) >= 11 is 0. The number of H-pyrrole nitrogens is 1. The van der Waals surface area contributed by atoms with Crippen LogP contribution in [0.3, 0.4) is 0 Å². The predicted octanol–water partition coefficient (Wildman–Crippen LogP) is 1.29. The molecule has 2 aliphatic heterocycles. The molecule has 0 aliphatic carbocycles. The highest BCUT2D eigenvalue weighted by Gasteiger charge is 2.27. The van der Waals surface area contributed by atoms with Crippen LogP contribution < -0.4 is 10.6 Å². The van der Waals surface area contributed by atoms with Gasteiger partial charge in [0.05, 0.1) is 12.2 Å². The maximum atomic E-state index is 12.6. The molecule has 0 aromatic carbocycles. The summed E-state index contributed by atoms with van der Waals surface area (Å²) in [6.07, 6.45) is 6.50. The van der Waals surface area contributed by atoms with Crippen molar-refractivity contribution in [1.82, 2.24) is 30.7 Å². The van der Waals surface area contributed by atoms with Crippen molar-refractivity contribution in [2.24, 2.45) is 0 Å². The van der Waals surface area contributed by atoms with Crippen LogP contribution in [0.5, 0.6) is 0 Å². The van der Waals surface area contributed by atoms with Crippen LogP contribution in [0.25, 0.3) is 11.3 Å². The topological polar surface area (TPSA) is 85.9 Å². The summed E-state index contributed by atoms with van der Waals surface area (Å²) in [6, 6.07) is 4.15. The maximum absolute atomic E-state index is 12.6. The second kappa shape index (κ2) is 6.60. The lowest BCUT2D eigenvalue weighted by atomic mass is 10.0. The van der Waals surface area contributed by atoms with Gasteiger partial charge in [0.2, 0.25) is 0 Å². The molecule has 4 rings (SSSR count). The quantitative estimate of drug-likeness (QED) is 0.776. The van der Waals surface area contributed by atoms with Crippen LogP contribution in [0.4, 0.5) is 4.79 Å². The summed E-state index contributed by atoms with van der Waals surface area (Å²) in [6.45, 7) is 3.22. The first kappa shape index (κ1) is 15.1. The van der Waals surface area contributed by atoms with E-state index in [2.05, 4.69) is 25.8 Å². The molecule has 0 radical (unpaired) electrons. The molecule has 2 amide bonds. The van der Waals surface area contributed by atoms with Gasteiger partial charge in [-0.1, -0.05) is 0 Å². The monoisotopic (exact) mass is 326 g/mol. The van der Waals surface area contributed by atoms with Gasteiger partial charge in [0.15, 0.2) is 0 Å². The van der Waals surface area contributed by atoms with E-state index in [1.54, 1.807) is 12.4 Å². The van der Waals surface area contributed by atoms with Gasteiger partial charge in [0.25, 0.3) is 0 Å². The van der Waals surface area contributed by atoms with Crippen LogP contribution >= 0.6 is 0 Å². The van der Waals surface area contributed by atoms with Gasteiger partial charge in [-0.2, -0.15) is 5.10 Å². The first-order valence-electron chi connectivity index (χ1n) is 8.54. The van der Waals surface area contributed by atoms with Crippen molar-refractivity contribution in [3.63, 3.8) is 0 Å². The lowest BCUT2D eigenvalue weighted by molar-refractivity contribution is 0.185. The smallest absolute Gasteiger partial charge is 0.317 e. The molecule has 2 aromatic rings. The van der Waals surface area contributed by atoms with Crippen LogP contribution in [0, 0.1) is 0 Å². The van der Waals surface area contributed by atoms with Gasteiger partial charge in [-0.05, 0) is 31.5 Å². The number of aromatic nitrogens is 3. The average Bonchev–Trinajstić information content (AvgIpc) is 3.06. The molecule has 2 aromatic heterocycles. The summed E-state index contributed by atoms with van der Waals surface area (Å²) < 4.78 is 0. The molecule has 2 aliphatic rings. The number of nitrogens with zero attached hydrogens (tertiary/aromatic N) is 3. The van der Waals surface area contributed by atoms with E-state index in [4.69, 9.17) is 0 Å². The van der Waals surface area contributed by atoms with Crippen molar-refractivity contribution in [3.05, 3.63) is 35.8 Å². The van der Waals surface area contributed by atoms with Gasteiger partial charge in [0, 0.05) is 54.8 Å². The van der Waals surface area contributed by atoms with E-state index in [9.17, 15) is 4.79 Å². The van der Waals surface area contributed by atoms with Crippen molar-refractivity contribution in [1.29, 1.82) is 0 Å². The van der Waals surface area contributed by atoms with Crippen LogP contribution in [0.15, 0.2) is 24.5 Å². The average molecular weight is 326 g/mol. The summed E-state index contributed by atoms with van der Waals surface area (Å²) in [5, 5.41) is 14.1. The number of carbonyl (C=O) groups is 1. The van der Waals surface area contributed by atoms with Crippen molar-refractivity contribution in [2.45, 2.75) is 31.8 Å². The minimum atomic E-state index is 0.0243. The first-order valence-corrected chi connectivity index (χ1v) is 8.54. The minimum absolute atomic E-state index is 0.0243. The maximum Gasteiger partial charge on any atom is 0.317 e. The molecular weight excluding hydrogens is 304 g/mol. The van der Waals surface area contributed by atoms with Crippen LogP contribution in [-0.4, -0.2) is 51.8 Å². The number of urea groups is 1. The number of pyridine rings is 1. The molecule has 3 N–H and O–H groups in total. The zero-order valence-electron chi connectivity index (χ0n) is 13.6. The molecule has 126 valence electrons. The van der Waals surface area contributed by atoms with Gasteiger partial charge in [0.1, 0.15) is 0 Å². The molecule has 0 spiro atoms. The first-order chi connectivity index (χ1) is 11.8. The lowest BCUT2D eigenvalue weighted by Crippen LogP contribution is -2.51. The second-order valence-corrected chi connectivity index (χ2v) is 6.43. The molecule has 1 fully saturated rings. The van der Waals surface area contributed by atoms with Gasteiger partial charge < -0.3 is 15.5 Å². The third kappa shape index (κ3) is 2.99. The number of carbonyl (C=O) groups excluding carboxylic acids is 1. The van der Waals surface area contributed by atoms with Gasteiger partial charge in [-0.25, -0.2) is 4.79 Å². The van der Waals surface area contributed by atoms with Crippen LogP contribution in [-0.2, 0) is 13.0 Å². The number of rotatable bonds is 2. The summed E-state index contributed by atoms with van der Waals surface area (Å²) in [4.78, 5) is 18.5. The van der Waals surface area contributed by atoms with E-state index in [1.807, 2.05) is 17.0 Å². The molecular formula is C17H22N6O. The minimum Gasteiger partial charge on any atom is -0.334 e. The number of nitrogens with one attached hydrogen (secondary N) is 3. The van der Waals surface area contributed by atoms with Gasteiger partial charge in [-0.15, -0.1) is 0 Å². The molecule has 1 saturated heterocycles. The fraction of sp³-hybridized carbons (Fsp3) is 0.471. The fourth-order valence-corrected chi connectivity index (χ4v) is 3.46.